The predicted octanol–water partition coefficient (Wildman–Crippen LogP) is 2.01. The fourth-order valence-corrected chi connectivity index (χ4v) is 5.00. The summed E-state index contributed by atoms with van der Waals surface area (Å²) in [6, 6.07) is 8.01. The molecule has 22 heavy (non-hydrogen) atoms. The van der Waals surface area contributed by atoms with Crippen LogP contribution in [-0.2, 0) is 9.84 Å². The first-order chi connectivity index (χ1) is 10.5. The number of hydrogen-bond acceptors (Lipinski definition) is 4. The molecule has 2 heterocycles. The molecule has 1 aromatic rings. The van der Waals surface area contributed by atoms with Crippen molar-refractivity contribution in [3.63, 3.8) is 0 Å². The van der Waals surface area contributed by atoms with Crippen LogP contribution in [0.2, 0.25) is 0 Å². The number of nitrogens with zero attached hydrogens (tertiary/aromatic N) is 2. The Balaban J connectivity index is 1.35. The van der Waals surface area contributed by atoms with Crippen molar-refractivity contribution in [3.8, 4) is 0 Å². The summed E-state index contributed by atoms with van der Waals surface area (Å²) in [5, 5.41) is 0. The molecule has 1 aliphatic carbocycles. The zero-order chi connectivity index (χ0) is 15.3. The van der Waals surface area contributed by atoms with Gasteiger partial charge in [0.15, 0.2) is 9.84 Å². The second-order valence-corrected chi connectivity index (χ2v) is 9.25. The Labute approximate surface area is 133 Å². The lowest BCUT2D eigenvalue weighted by Crippen LogP contribution is -2.59. The summed E-state index contributed by atoms with van der Waals surface area (Å²) in [4.78, 5) is 5.45. The Hall–Kier alpha value is -1.07. The molecule has 0 N–H and O–H groups in total. The minimum atomic E-state index is -3.09. The summed E-state index contributed by atoms with van der Waals surface area (Å²) in [5.41, 5.74) is 1.14. The minimum absolute atomic E-state index is 0.403. The van der Waals surface area contributed by atoms with E-state index >= 15 is 0 Å². The van der Waals surface area contributed by atoms with Gasteiger partial charge >= 0.3 is 0 Å². The molecule has 2 saturated heterocycles. The molecule has 1 saturated carbocycles. The number of sulfone groups is 1. The monoisotopic (exact) mass is 320 g/mol. The molecule has 4 nitrogen and oxygen atoms in total. The second-order valence-electron chi connectivity index (χ2n) is 7.23. The van der Waals surface area contributed by atoms with Gasteiger partial charge in [0.05, 0.1) is 4.90 Å². The summed E-state index contributed by atoms with van der Waals surface area (Å²) in [5.74, 6) is 1.92. The van der Waals surface area contributed by atoms with Crippen LogP contribution in [0.5, 0.6) is 0 Å². The van der Waals surface area contributed by atoms with Gasteiger partial charge in [0.1, 0.15) is 0 Å². The predicted molar refractivity (Wildman–Crippen MR) is 88.0 cm³/mol. The van der Waals surface area contributed by atoms with E-state index in [-0.39, 0.29) is 0 Å². The highest BCUT2D eigenvalue weighted by Crippen LogP contribution is 2.39. The Morgan fingerprint density at radius 2 is 1.55 bits per heavy atom. The molecule has 3 aliphatic rings. The van der Waals surface area contributed by atoms with E-state index in [4.69, 9.17) is 0 Å². The van der Waals surface area contributed by atoms with Gasteiger partial charge in [-0.2, -0.15) is 0 Å². The van der Waals surface area contributed by atoms with Crippen LogP contribution in [0.4, 0.5) is 5.69 Å². The molecular weight excluding hydrogens is 296 g/mol. The molecule has 0 bridgehead atoms. The van der Waals surface area contributed by atoms with Crippen LogP contribution in [-0.4, -0.2) is 51.8 Å². The summed E-state index contributed by atoms with van der Waals surface area (Å²) >= 11 is 0. The maximum absolute atomic E-state index is 11.5. The molecular formula is C17H24N2O2S. The van der Waals surface area contributed by atoms with E-state index in [1.165, 1.54) is 38.6 Å². The van der Waals surface area contributed by atoms with Gasteiger partial charge in [-0.15, -0.1) is 0 Å². The van der Waals surface area contributed by atoms with Crippen molar-refractivity contribution in [2.45, 2.75) is 30.2 Å². The van der Waals surface area contributed by atoms with Crippen molar-refractivity contribution in [2.24, 2.45) is 11.8 Å². The van der Waals surface area contributed by atoms with E-state index in [0.29, 0.717) is 10.9 Å². The molecule has 0 radical (unpaired) electrons. The lowest BCUT2D eigenvalue weighted by molar-refractivity contribution is 0.190. The Kier molecular flexibility index (Phi) is 3.46. The zero-order valence-electron chi connectivity index (χ0n) is 13.1. The third-order valence-electron chi connectivity index (χ3n) is 5.76. The quantitative estimate of drug-likeness (QED) is 0.854. The van der Waals surface area contributed by atoms with Gasteiger partial charge in [-0.05, 0) is 48.9 Å². The number of anilines is 1. The average Bonchev–Trinajstić information content (AvgIpc) is 2.97. The van der Waals surface area contributed by atoms with Gasteiger partial charge in [0, 0.05) is 44.2 Å². The van der Waals surface area contributed by atoms with E-state index in [0.717, 1.165) is 30.6 Å². The van der Waals surface area contributed by atoms with Crippen molar-refractivity contribution in [1.82, 2.24) is 4.90 Å². The third-order valence-corrected chi connectivity index (χ3v) is 6.89. The Morgan fingerprint density at radius 1 is 0.955 bits per heavy atom. The zero-order valence-corrected chi connectivity index (χ0v) is 13.9. The summed E-state index contributed by atoms with van der Waals surface area (Å²) in [6.07, 6.45) is 5.56. The fraction of sp³-hybridized carbons (Fsp3) is 0.647. The molecule has 0 spiro atoms. The van der Waals surface area contributed by atoms with Crippen LogP contribution >= 0.6 is 0 Å². The lowest BCUT2D eigenvalue weighted by atomic mass is 10.0. The first kappa shape index (κ1) is 14.5. The third kappa shape index (κ3) is 2.54. The average molecular weight is 320 g/mol. The van der Waals surface area contributed by atoms with Gasteiger partial charge in [-0.3, -0.25) is 4.90 Å². The van der Waals surface area contributed by atoms with Crippen molar-refractivity contribution in [2.75, 3.05) is 37.3 Å². The van der Waals surface area contributed by atoms with Crippen LogP contribution in [0, 0.1) is 11.8 Å². The highest BCUT2D eigenvalue weighted by Gasteiger charge is 2.42. The van der Waals surface area contributed by atoms with Crippen LogP contribution in [0.15, 0.2) is 29.2 Å². The molecule has 0 aromatic heterocycles. The summed E-state index contributed by atoms with van der Waals surface area (Å²) < 4.78 is 23.0. The van der Waals surface area contributed by atoms with Gasteiger partial charge in [0.2, 0.25) is 0 Å². The van der Waals surface area contributed by atoms with Gasteiger partial charge in [-0.1, -0.05) is 6.42 Å². The molecule has 0 amide bonds. The standard InChI is InChI=1S/C17H24N2O2S/c1-22(20,21)17-7-5-15(6-8-17)19-11-16(12-19)18-9-13-3-2-4-14(13)10-18/h5-8,13-14,16H,2-4,9-12H2,1H3. The van der Waals surface area contributed by atoms with E-state index in [1.54, 1.807) is 12.1 Å². The van der Waals surface area contributed by atoms with Crippen LogP contribution < -0.4 is 4.90 Å². The fourth-order valence-electron chi connectivity index (χ4n) is 4.37. The number of rotatable bonds is 3. The first-order valence-electron chi connectivity index (χ1n) is 8.30. The maximum atomic E-state index is 11.5. The second kappa shape index (κ2) is 5.24. The molecule has 120 valence electrons. The van der Waals surface area contributed by atoms with E-state index in [9.17, 15) is 8.42 Å². The van der Waals surface area contributed by atoms with Crippen molar-refractivity contribution in [3.05, 3.63) is 24.3 Å². The smallest absolute Gasteiger partial charge is 0.175 e. The van der Waals surface area contributed by atoms with Crippen molar-refractivity contribution >= 4 is 15.5 Å². The minimum Gasteiger partial charge on any atom is -0.368 e. The van der Waals surface area contributed by atoms with Crippen LogP contribution in [0.3, 0.4) is 0 Å². The topological polar surface area (TPSA) is 40.6 Å². The molecule has 2 aliphatic heterocycles. The number of likely N-dealkylation sites (tertiary alicyclic amines) is 1. The van der Waals surface area contributed by atoms with Crippen molar-refractivity contribution in [1.29, 1.82) is 0 Å². The van der Waals surface area contributed by atoms with Gasteiger partial charge in [-0.25, -0.2) is 8.42 Å². The van der Waals surface area contributed by atoms with E-state index < -0.39 is 9.84 Å². The number of benzene rings is 1. The first-order valence-corrected chi connectivity index (χ1v) is 10.2. The molecule has 2 unspecified atom stereocenters. The summed E-state index contributed by atoms with van der Waals surface area (Å²) in [6.45, 7) is 4.77. The van der Waals surface area contributed by atoms with Gasteiger partial charge in [0.25, 0.3) is 0 Å². The molecule has 1 aromatic carbocycles. The highest BCUT2D eigenvalue weighted by atomic mass is 32.2. The number of hydrogen-bond donors (Lipinski definition) is 0. The lowest BCUT2D eigenvalue weighted by Gasteiger charge is -2.45. The van der Waals surface area contributed by atoms with E-state index in [2.05, 4.69) is 9.80 Å². The largest absolute Gasteiger partial charge is 0.368 e. The highest BCUT2D eigenvalue weighted by molar-refractivity contribution is 7.90. The molecule has 4 rings (SSSR count). The number of fused-ring (bicyclic) bond motifs is 1. The van der Waals surface area contributed by atoms with Crippen LogP contribution in [0.25, 0.3) is 0 Å². The SMILES string of the molecule is CS(=O)(=O)c1ccc(N2CC(N3CC4CCCC4C3)C2)cc1. The van der Waals surface area contributed by atoms with Crippen LogP contribution in [0.1, 0.15) is 19.3 Å². The normalized spacial score (nSPS) is 29.6. The maximum Gasteiger partial charge on any atom is 0.175 e. The molecule has 2 atom stereocenters. The van der Waals surface area contributed by atoms with Crippen molar-refractivity contribution < 1.29 is 8.42 Å². The van der Waals surface area contributed by atoms with E-state index in [1.807, 2.05) is 12.1 Å². The Morgan fingerprint density at radius 3 is 2.09 bits per heavy atom. The van der Waals surface area contributed by atoms with Gasteiger partial charge < -0.3 is 4.90 Å². The molecule has 3 fully saturated rings. The summed E-state index contributed by atoms with van der Waals surface area (Å²) in [7, 11) is -3.09. The molecule has 5 heteroatoms. The Bertz CT molecular complexity index is 638.